The van der Waals surface area contributed by atoms with Crippen molar-refractivity contribution in [3.8, 4) is 0 Å². The standard InChI is InChI=1S/C19H23N3O4/c1-2-26-19(24)13-5-7-21(8-6-13)18(23)14-3-4-16-15(11-14)20-17-12-25-10-9-22(16)17/h3-4,11,13H,2,5-10,12H2,1H3. The van der Waals surface area contributed by atoms with Crippen LogP contribution in [0, 0.1) is 5.92 Å². The van der Waals surface area contributed by atoms with Crippen molar-refractivity contribution in [1.29, 1.82) is 0 Å². The fraction of sp³-hybridized carbons (Fsp3) is 0.526. The lowest BCUT2D eigenvalue weighted by Crippen LogP contribution is -2.40. The largest absolute Gasteiger partial charge is 0.466 e. The Bertz CT molecular complexity index is 837. The predicted octanol–water partition coefficient (Wildman–Crippen LogP) is 1.98. The molecule has 2 aromatic rings. The van der Waals surface area contributed by atoms with Crippen LogP contribution in [-0.2, 0) is 27.4 Å². The van der Waals surface area contributed by atoms with Crippen LogP contribution in [0.25, 0.3) is 11.0 Å². The maximum Gasteiger partial charge on any atom is 0.309 e. The number of fused-ring (bicyclic) bond motifs is 3. The maximum absolute atomic E-state index is 12.8. The molecule has 1 saturated heterocycles. The van der Waals surface area contributed by atoms with Crippen LogP contribution in [0.3, 0.4) is 0 Å². The number of hydrogen-bond donors (Lipinski definition) is 0. The molecular weight excluding hydrogens is 334 g/mol. The van der Waals surface area contributed by atoms with E-state index >= 15 is 0 Å². The molecule has 0 radical (unpaired) electrons. The molecule has 0 N–H and O–H groups in total. The van der Waals surface area contributed by atoms with Crippen LogP contribution >= 0.6 is 0 Å². The van der Waals surface area contributed by atoms with Crippen LogP contribution in [0.4, 0.5) is 0 Å². The highest BCUT2D eigenvalue weighted by atomic mass is 16.5. The first-order valence-corrected chi connectivity index (χ1v) is 9.20. The molecule has 4 rings (SSSR count). The van der Waals surface area contributed by atoms with Gasteiger partial charge in [-0.15, -0.1) is 0 Å². The Balaban J connectivity index is 1.48. The second kappa shape index (κ2) is 7.07. The minimum atomic E-state index is -0.146. The number of imidazole rings is 1. The number of piperidine rings is 1. The lowest BCUT2D eigenvalue weighted by molar-refractivity contribution is -0.149. The van der Waals surface area contributed by atoms with Crippen molar-refractivity contribution in [2.75, 3.05) is 26.3 Å². The zero-order valence-electron chi connectivity index (χ0n) is 14.9. The third kappa shape index (κ3) is 3.07. The Morgan fingerprint density at radius 3 is 2.85 bits per heavy atom. The van der Waals surface area contributed by atoms with Gasteiger partial charge in [0.25, 0.3) is 5.91 Å². The van der Waals surface area contributed by atoms with E-state index in [1.165, 1.54) is 0 Å². The van der Waals surface area contributed by atoms with Gasteiger partial charge in [0, 0.05) is 25.2 Å². The van der Waals surface area contributed by atoms with Gasteiger partial charge in [0.1, 0.15) is 12.4 Å². The highest BCUT2D eigenvalue weighted by molar-refractivity contribution is 5.97. The molecule has 26 heavy (non-hydrogen) atoms. The average Bonchev–Trinajstić information content (AvgIpc) is 3.05. The van der Waals surface area contributed by atoms with Gasteiger partial charge in [0.05, 0.1) is 30.2 Å². The molecule has 1 fully saturated rings. The average molecular weight is 357 g/mol. The van der Waals surface area contributed by atoms with Crippen LogP contribution in [0.1, 0.15) is 35.9 Å². The van der Waals surface area contributed by atoms with Gasteiger partial charge in [-0.1, -0.05) is 0 Å². The van der Waals surface area contributed by atoms with Crippen molar-refractivity contribution in [2.45, 2.75) is 32.9 Å². The summed E-state index contributed by atoms with van der Waals surface area (Å²) in [6, 6.07) is 5.70. The molecule has 7 heteroatoms. The Morgan fingerprint density at radius 1 is 1.27 bits per heavy atom. The number of carbonyl (C=O) groups is 2. The van der Waals surface area contributed by atoms with Crippen LogP contribution in [0.5, 0.6) is 0 Å². The van der Waals surface area contributed by atoms with Gasteiger partial charge in [0.15, 0.2) is 0 Å². The summed E-state index contributed by atoms with van der Waals surface area (Å²) < 4.78 is 12.7. The quantitative estimate of drug-likeness (QED) is 0.786. The molecule has 0 aliphatic carbocycles. The van der Waals surface area contributed by atoms with Gasteiger partial charge in [-0.3, -0.25) is 9.59 Å². The summed E-state index contributed by atoms with van der Waals surface area (Å²) in [7, 11) is 0. The summed E-state index contributed by atoms with van der Waals surface area (Å²) in [6.45, 7) is 5.36. The number of ether oxygens (including phenoxy) is 2. The minimum absolute atomic E-state index is 0.00330. The Labute approximate surface area is 151 Å². The molecule has 2 aliphatic rings. The van der Waals surface area contributed by atoms with Crippen molar-refractivity contribution in [3.63, 3.8) is 0 Å². The molecule has 0 atom stereocenters. The fourth-order valence-electron chi connectivity index (χ4n) is 3.75. The number of nitrogens with zero attached hydrogens (tertiary/aromatic N) is 3. The summed E-state index contributed by atoms with van der Waals surface area (Å²) >= 11 is 0. The molecule has 1 aromatic heterocycles. The maximum atomic E-state index is 12.8. The number of likely N-dealkylation sites (tertiary alicyclic amines) is 1. The number of esters is 1. The van der Waals surface area contributed by atoms with Crippen LogP contribution in [0.2, 0.25) is 0 Å². The molecule has 0 saturated carbocycles. The molecule has 1 aromatic carbocycles. The molecule has 138 valence electrons. The monoisotopic (exact) mass is 357 g/mol. The predicted molar refractivity (Wildman–Crippen MR) is 94.6 cm³/mol. The summed E-state index contributed by atoms with van der Waals surface area (Å²) in [5.74, 6) is 0.663. The summed E-state index contributed by atoms with van der Waals surface area (Å²) in [4.78, 5) is 31.1. The fourth-order valence-corrected chi connectivity index (χ4v) is 3.75. The third-order valence-electron chi connectivity index (χ3n) is 5.17. The molecule has 0 bridgehead atoms. The highest BCUT2D eigenvalue weighted by Gasteiger charge is 2.29. The van der Waals surface area contributed by atoms with E-state index in [-0.39, 0.29) is 17.8 Å². The number of amides is 1. The molecular formula is C19H23N3O4. The number of benzene rings is 1. The van der Waals surface area contributed by atoms with E-state index in [0.29, 0.717) is 51.3 Å². The zero-order chi connectivity index (χ0) is 18.1. The number of rotatable bonds is 3. The van der Waals surface area contributed by atoms with Crippen LogP contribution in [0.15, 0.2) is 18.2 Å². The van der Waals surface area contributed by atoms with Gasteiger partial charge >= 0.3 is 5.97 Å². The first-order valence-electron chi connectivity index (χ1n) is 9.20. The number of aromatic nitrogens is 2. The van der Waals surface area contributed by atoms with Crippen LogP contribution in [-0.4, -0.2) is 52.6 Å². The second-order valence-electron chi connectivity index (χ2n) is 6.75. The topological polar surface area (TPSA) is 73.7 Å². The van der Waals surface area contributed by atoms with E-state index in [4.69, 9.17) is 9.47 Å². The molecule has 3 heterocycles. The van der Waals surface area contributed by atoms with E-state index in [1.54, 1.807) is 0 Å². The van der Waals surface area contributed by atoms with E-state index in [0.717, 1.165) is 23.4 Å². The smallest absolute Gasteiger partial charge is 0.309 e. The summed E-state index contributed by atoms with van der Waals surface area (Å²) in [5, 5.41) is 0. The van der Waals surface area contributed by atoms with Crippen molar-refractivity contribution in [2.24, 2.45) is 5.92 Å². The normalized spacial score (nSPS) is 18.0. The molecule has 2 aliphatic heterocycles. The van der Waals surface area contributed by atoms with Crippen molar-refractivity contribution in [1.82, 2.24) is 14.5 Å². The number of hydrogen-bond acceptors (Lipinski definition) is 5. The third-order valence-corrected chi connectivity index (χ3v) is 5.17. The van der Waals surface area contributed by atoms with E-state index in [2.05, 4.69) is 9.55 Å². The van der Waals surface area contributed by atoms with Gasteiger partial charge in [0.2, 0.25) is 0 Å². The number of carbonyl (C=O) groups excluding carboxylic acids is 2. The van der Waals surface area contributed by atoms with Gasteiger partial charge in [-0.25, -0.2) is 4.98 Å². The van der Waals surface area contributed by atoms with Crippen molar-refractivity contribution < 1.29 is 19.1 Å². The lowest BCUT2D eigenvalue weighted by atomic mass is 9.96. The van der Waals surface area contributed by atoms with Crippen LogP contribution < -0.4 is 0 Å². The van der Waals surface area contributed by atoms with E-state index < -0.39 is 0 Å². The molecule has 0 spiro atoms. The van der Waals surface area contributed by atoms with Gasteiger partial charge in [-0.05, 0) is 38.0 Å². The van der Waals surface area contributed by atoms with E-state index in [1.807, 2.05) is 30.0 Å². The zero-order valence-corrected chi connectivity index (χ0v) is 14.9. The first kappa shape index (κ1) is 17.0. The Hall–Kier alpha value is -2.41. The summed E-state index contributed by atoms with van der Waals surface area (Å²) in [5.41, 5.74) is 2.52. The summed E-state index contributed by atoms with van der Waals surface area (Å²) in [6.07, 6.45) is 1.31. The highest BCUT2D eigenvalue weighted by Crippen LogP contribution is 2.24. The Kier molecular flexibility index (Phi) is 4.63. The van der Waals surface area contributed by atoms with E-state index in [9.17, 15) is 9.59 Å². The molecule has 7 nitrogen and oxygen atoms in total. The first-order chi connectivity index (χ1) is 12.7. The lowest BCUT2D eigenvalue weighted by Gasteiger charge is -2.31. The van der Waals surface area contributed by atoms with Gasteiger partial charge in [-0.2, -0.15) is 0 Å². The van der Waals surface area contributed by atoms with Crippen molar-refractivity contribution >= 4 is 22.9 Å². The molecule has 0 unspecified atom stereocenters. The van der Waals surface area contributed by atoms with Crippen molar-refractivity contribution in [3.05, 3.63) is 29.6 Å². The second-order valence-corrected chi connectivity index (χ2v) is 6.75. The molecule has 1 amide bonds. The Morgan fingerprint density at radius 2 is 2.08 bits per heavy atom. The van der Waals surface area contributed by atoms with Gasteiger partial charge < -0.3 is 18.9 Å². The SMILES string of the molecule is CCOC(=O)C1CCN(C(=O)c2ccc3c(c2)nc2n3CCOC2)CC1. The minimum Gasteiger partial charge on any atom is -0.466 e.